The molecule has 1 unspecified atom stereocenters. The lowest BCUT2D eigenvalue weighted by atomic mass is 10.1. The highest BCUT2D eigenvalue weighted by molar-refractivity contribution is 4.94. The summed E-state index contributed by atoms with van der Waals surface area (Å²) in [4.78, 5) is 0. The van der Waals surface area contributed by atoms with E-state index in [-0.39, 0.29) is 0 Å². The molecular weight excluding hydrogens is 126 g/mol. The molecule has 0 amide bonds. The molecule has 1 atom stereocenters. The van der Waals surface area contributed by atoms with Gasteiger partial charge in [0.2, 0.25) is 0 Å². The molecular formula is C7H15N3. The van der Waals surface area contributed by atoms with Gasteiger partial charge in [-0.1, -0.05) is 25.6 Å². The predicted molar refractivity (Wildman–Crippen MR) is 42.5 cm³/mol. The van der Waals surface area contributed by atoms with Crippen LogP contribution in [0.2, 0.25) is 0 Å². The minimum absolute atomic E-state index is 0.428. The van der Waals surface area contributed by atoms with Gasteiger partial charge < -0.3 is 0 Å². The molecule has 0 bridgehead atoms. The summed E-state index contributed by atoms with van der Waals surface area (Å²) in [5.74, 6) is 0.428. The van der Waals surface area contributed by atoms with Crippen LogP contribution in [0.1, 0.15) is 20.3 Å². The molecule has 0 saturated carbocycles. The van der Waals surface area contributed by atoms with Gasteiger partial charge in [0.05, 0.1) is 5.70 Å². The fraction of sp³-hybridized carbons (Fsp3) is 0.714. The smallest absolute Gasteiger partial charge is 0.0604 e. The second kappa shape index (κ2) is 4.97. The second-order valence-electron chi connectivity index (χ2n) is 2.22. The molecule has 1 N–H and O–H groups in total. The highest BCUT2D eigenvalue weighted by Crippen LogP contribution is 2.12. The van der Waals surface area contributed by atoms with Gasteiger partial charge >= 0.3 is 0 Å². The van der Waals surface area contributed by atoms with E-state index < -0.39 is 0 Å². The Labute approximate surface area is 62.2 Å². The lowest BCUT2D eigenvalue weighted by Gasteiger charge is -2.04. The Morgan fingerprint density at radius 3 is 2.70 bits per heavy atom. The van der Waals surface area contributed by atoms with Crippen molar-refractivity contribution >= 4 is 0 Å². The third-order valence-corrected chi connectivity index (χ3v) is 1.46. The Hall–Kier alpha value is -0.860. The van der Waals surface area contributed by atoms with Gasteiger partial charge in [0.1, 0.15) is 0 Å². The van der Waals surface area contributed by atoms with Crippen molar-refractivity contribution in [3.8, 4) is 0 Å². The summed E-state index contributed by atoms with van der Waals surface area (Å²) in [5.41, 5.74) is 3.41. The first kappa shape index (κ1) is 9.14. The number of rotatable bonds is 4. The van der Waals surface area contributed by atoms with Crippen molar-refractivity contribution in [1.29, 1.82) is 0 Å². The van der Waals surface area contributed by atoms with E-state index >= 15 is 0 Å². The molecule has 0 fully saturated rings. The topological polar surface area (TPSA) is 36.8 Å². The highest BCUT2D eigenvalue weighted by Gasteiger charge is 2.00. The van der Waals surface area contributed by atoms with Crippen LogP contribution in [0.5, 0.6) is 0 Å². The SMILES string of the molecule is C=C(/N=N\NC)C(C)CC. The second-order valence-corrected chi connectivity index (χ2v) is 2.22. The van der Waals surface area contributed by atoms with Gasteiger partial charge in [-0.25, -0.2) is 0 Å². The largest absolute Gasteiger partial charge is 0.295 e. The van der Waals surface area contributed by atoms with Crippen LogP contribution in [0.25, 0.3) is 0 Å². The zero-order chi connectivity index (χ0) is 7.98. The van der Waals surface area contributed by atoms with Crippen LogP contribution < -0.4 is 5.43 Å². The zero-order valence-corrected chi connectivity index (χ0v) is 6.89. The molecule has 0 spiro atoms. The van der Waals surface area contributed by atoms with Gasteiger partial charge in [0.15, 0.2) is 0 Å². The van der Waals surface area contributed by atoms with E-state index in [1.807, 2.05) is 0 Å². The van der Waals surface area contributed by atoms with Crippen LogP contribution in [0.15, 0.2) is 22.6 Å². The molecule has 3 nitrogen and oxygen atoms in total. The van der Waals surface area contributed by atoms with Gasteiger partial charge in [-0.2, -0.15) is 0 Å². The molecule has 10 heavy (non-hydrogen) atoms. The lowest BCUT2D eigenvalue weighted by molar-refractivity contribution is 0.629. The zero-order valence-electron chi connectivity index (χ0n) is 6.89. The Morgan fingerprint density at radius 2 is 2.30 bits per heavy atom. The summed E-state index contributed by atoms with van der Waals surface area (Å²) in [6.45, 7) is 7.94. The average Bonchev–Trinajstić information content (AvgIpc) is 1.98. The third-order valence-electron chi connectivity index (χ3n) is 1.46. The number of hydrogen-bond acceptors (Lipinski definition) is 2. The van der Waals surface area contributed by atoms with E-state index in [2.05, 4.69) is 36.2 Å². The van der Waals surface area contributed by atoms with Crippen LogP contribution in [0.3, 0.4) is 0 Å². The number of allylic oxidation sites excluding steroid dienone is 1. The Morgan fingerprint density at radius 1 is 1.70 bits per heavy atom. The number of nitrogens with one attached hydrogen (secondary N) is 1. The minimum atomic E-state index is 0.428. The fourth-order valence-corrected chi connectivity index (χ4v) is 0.448. The maximum Gasteiger partial charge on any atom is 0.0604 e. The molecule has 0 aliphatic rings. The van der Waals surface area contributed by atoms with Crippen LogP contribution in [-0.4, -0.2) is 7.05 Å². The molecule has 0 aliphatic heterocycles. The van der Waals surface area contributed by atoms with Crippen LogP contribution >= 0.6 is 0 Å². The van der Waals surface area contributed by atoms with Gasteiger partial charge in [0, 0.05) is 7.05 Å². The van der Waals surface area contributed by atoms with E-state index in [1.165, 1.54) is 0 Å². The maximum atomic E-state index is 3.83. The molecule has 0 aromatic heterocycles. The van der Waals surface area contributed by atoms with Crippen molar-refractivity contribution in [2.45, 2.75) is 20.3 Å². The van der Waals surface area contributed by atoms with Crippen molar-refractivity contribution in [2.24, 2.45) is 16.3 Å². The molecule has 0 aromatic carbocycles. The van der Waals surface area contributed by atoms with Gasteiger partial charge in [-0.05, 0) is 12.3 Å². The van der Waals surface area contributed by atoms with Crippen LogP contribution in [-0.2, 0) is 0 Å². The first-order chi connectivity index (χ1) is 4.72. The van der Waals surface area contributed by atoms with Crippen molar-refractivity contribution in [2.75, 3.05) is 7.05 Å². The molecule has 0 heterocycles. The number of hydrogen-bond donors (Lipinski definition) is 1. The van der Waals surface area contributed by atoms with Crippen molar-refractivity contribution < 1.29 is 0 Å². The first-order valence-electron chi connectivity index (χ1n) is 3.48. The Bertz CT molecular complexity index is 129. The van der Waals surface area contributed by atoms with E-state index in [0.29, 0.717) is 5.92 Å². The molecule has 0 aromatic rings. The average molecular weight is 141 g/mol. The summed E-state index contributed by atoms with van der Waals surface area (Å²) >= 11 is 0. The molecule has 58 valence electrons. The standard InChI is InChI=1S/C7H15N3/c1-5-6(2)7(3)9-10-8-4/h6H,3,5H2,1-2,4H3,(H,8,9). The van der Waals surface area contributed by atoms with Crippen molar-refractivity contribution in [3.63, 3.8) is 0 Å². The Balaban J connectivity index is 3.72. The van der Waals surface area contributed by atoms with Crippen LogP contribution in [0.4, 0.5) is 0 Å². The predicted octanol–water partition coefficient (Wildman–Crippen LogP) is 2.13. The first-order valence-corrected chi connectivity index (χ1v) is 3.48. The fourth-order valence-electron chi connectivity index (χ4n) is 0.448. The summed E-state index contributed by atoms with van der Waals surface area (Å²) in [6, 6.07) is 0. The van der Waals surface area contributed by atoms with Gasteiger partial charge in [0.25, 0.3) is 0 Å². The molecule has 3 heteroatoms. The maximum absolute atomic E-state index is 3.83. The number of nitrogens with zero attached hydrogens (tertiary/aromatic N) is 2. The van der Waals surface area contributed by atoms with Crippen molar-refractivity contribution in [3.05, 3.63) is 12.3 Å². The van der Waals surface area contributed by atoms with Crippen LogP contribution in [0, 0.1) is 5.92 Å². The third kappa shape index (κ3) is 3.22. The monoisotopic (exact) mass is 141 g/mol. The molecule has 0 radical (unpaired) electrons. The van der Waals surface area contributed by atoms with Crippen molar-refractivity contribution in [1.82, 2.24) is 5.43 Å². The van der Waals surface area contributed by atoms with E-state index in [9.17, 15) is 0 Å². The summed E-state index contributed by atoms with van der Waals surface area (Å²) in [5, 5.41) is 7.45. The van der Waals surface area contributed by atoms with Gasteiger partial charge in [-0.15, -0.1) is 5.11 Å². The van der Waals surface area contributed by atoms with E-state index in [0.717, 1.165) is 12.1 Å². The highest BCUT2D eigenvalue weighted by atomic mass is 15.4. The molecule has 0 saturated heterocycles. The van der Waals surface area contributed by atoms with E-state index in [4.69, 9.17) is 0 Å². The van der Waals surface area contributed by atoms with E-state index in [1.54, 1.807) is 7.05 Å². The minimum Gasteiger partial charge on any atom is -0.295 e. The summed E-state index contributed by atoms with van der Waals surface area (Å²) < 4.78 is 0. The molecule has 0 rings (SSSR count). The Kier molecular flexibility index (Phi) is 4.54. The lowest BCUT2D eigenvalue weighted by Crippen LogP contribution is -1.96. The quantitative estimate of drug-likeness (QED) is 0.472. The normalized spacial score (nSPS) is 13.5. The summed E-state index contributed by atoms with van der Waals surface area (Å²) in [6.07, 6.45) is 1.06. The van der Waals surface area contributed by atoms with Gasteiger partial charge in [-0.3, -0.25) is 5.43 Å². The molecule has 0 aliphatic carbocycles. The summed E-state index contributed by atoms with van der Waals surface area (Å²) in [7, 11) is 1.72.